The lowest BCUT2D eigenvalue weighted by atomic mass is 9.88. The molecule has 0 radical (unpaired) electrons. The lowest BCUT2D eigenvalue weighted by molar-refractivity contribution is -0.141. The van der Waals surface area contributed by atoms with Crippen LogP contribution in [0.1, 0.15) is 72.1 Å². The highest BCUT2D eigenvalue weighted by Gasteiger charge is 2.28. The molecule has 4 nitrogen and oxygen atoms in total. The minimum absolute atomic E-state index is 0.0590. The zero-order valence-electron chi connectivity index (χ0n) is 17.2. The van der Waals surface area contributed by atoms with E-state index in [2.05, 4.69) is 19.1 Å². The molecular weight excluding hydrogens is 340 g/mol. The van der Waals surface area contributed by atoms with Crippen molar-refractivity contribution in [3.8, 4) is 0 Å². The molecule has 0 fully saturated rings. The Morgan fingerprint density at radius 1 is 1.26 bits per heavy atom. The zero-order chi connectivity index (χ0) is 20.1. The summed E-state index contributed by atoms with van der Waals surface area (Å²) in [5.41, 5.74) is -0.809. The topological polar surface area (TPSA) is 63.6 Å². The Morgan fingerprint density at radius 2 is 2.04 bits per heavy atom. The molecular formula is C23H36O4. The largest absolute Gasteiger partial charge is 0.466 e. The van der Waals surface area contributed by atoms with Gasteiger partial charge in [-0.3, -0.25) is 9.59 Å². The molecule has 0 bridgehead atoms. The summed E-state index contributed by atoms with van der Waals surface area (Å²) in [6, 6.07) is 0. The molecule has 0 aromatic carbocycles. The van der Waals surface area contributed by atoms with Gasteiger partial charge in [0.25, 0.3) is 0 Å². The summed E-state index contributed by atoms with van der Waals surface area (Å²) in [4.78, 5) is 22.8. The highest BCUT2D eigenvalue weighted by Crippen LogP contribution is 2.28. The lowest BCUT2D eigenvalue weighted by Gasteiger charge is -2.20. The van der Waals surface area contributed by atoms with Gasteiger partial charge in [0.05, 0.1) is 12.2 Å². The Bertz CT molecular complexity index is 543. The molecule has 0 unspecified atom stereocenters. The van der Waals surface area contributed by atoms with Crippen LogP contribution < -0.4 is 0 Å². The van der Waals surface area contributed by atoms with Gasteiger partial charge in [0.2, 0.25) is 0 Å². The molecule has 0 heterocycles. The Labute approximate surface area is 164 Å². The van der Waals surface area contributed by atoms with Crippen molar-refractivity contribution >= 4 is 11.8 Å². The molecule has 1 aliphatic carbocycles. The average Bonchev–Trinajstić information content (AvgIpc) is 2.95. The highest BCUT2D eigenvalue weighted by atomic mass is 16.5. The van der Waals surface area contributed by atoms with Crippen molar-refractivity contribution in [2.24, 2.45) is 11.8 Å². The molecule has 0 aliphatic heterocycles. The average molecular weight is 377 g/mol. The SMILES string of the molecule is CCCCC[C@](C)(O)C=C[C@H]1C=CC(=O)[C@@H]1CC=CCCCCOC(C)=O. The summed E-state index contributed by atoms with van der Waals surface area (Å²) < 4.78 is 4.90. The third-order valence-electron chi connectivity index (χ3n) is 4.90. The van der Waals surface area contributed by atoms with Crippen molar-refractivity contribution in [2.75, 3.05) is 6.61 Å². The number of allylic oxidation sites excluding steroid dienone is 5. The third-order valence-corrected chi connectivity index (χ3v) is 4.90. The molecule has 0 spiro atoms. The summed E-state index contributed by atoms with van der Waals surface area (Å²) in [5.74, 6) is -0.0789. The zero-order valence-corrected chi connectivity index (χ0v) is 17.2. The van der Waals surface area contributed by atoms with Gasteiger partial charge >= 0.3 is 5.97 Å². The van der Waals surface area contributed by atoms with Crippen LogP contribution in [0.25, 0.3) is 0 Å². The van der Waals surface area contributed by atoms with E-state index >= 15 is 0 Å². The Hall–Kier alpha value is -1.68. The number of carbonyl (C=O) groups excluding carboxylic acids is 2. The van der Waals surface area contributed by atoms with E-state index in [1.807, 2.05) is 25.2 Å². The molecule has 0 amide bonds. The minimum Gasteiger partial charge on any atom is -0.466 e. The summed E-state index contributed by atoms with van der Waals surface area (Å²) in [7, 11) is 0. The second-order valence-corrected chi connectivity index (χ2v) is 7.66. The summed E-state index contributed by atoms with van der Waals surface area (Å²) in [6.07, 6.45) is 19.1. The van der Waals surface area contributed by atoms with E-state index in [0.717, 1.165) is 44.9 Å². The van der Waals surface area contributed by atoms with Crippen molar-refractivity contribution in [3.63, 3.8) is 0 Å². The molecule has 0 aromatic rings. The van der Waals surface area contributed by atoms with Crippen LogP contribution in [0.4, 0.5) is 0 Å². The van der Waals surface area contributed by atoms with Gasteiger partial charge in [-0.15, -0.1) is 0 Å². The second kappa shape index (κ2) is 12.7. The number of ketones is 1. The van der Waals surface area contributed by atoms with Crippen molar-refractivity contribution in [2.45, 2.75) is 77.7 Å². The molecule has 27 heavy (non-hydrogen) atoms. The first-order chi connectivity index (χ1) is 12.9. The van der Waals surface area contributed by atoms with Gasteiger partial charge in [-0.25, -0.2) is 0 Å². The van der Waals surface area contributed by atoms with Gasteiger partial charge < -0.3 is 9.84 Å². The first-order valence-corrected chi connectivity index (χ1v) is 10.3. The van der Waals surface area contributed by atoms with Gasteiger partial charge in [-0.05, 0) is 45.1 Å². The molecule has 4 heteroatoms. The number of ether oxygens (including phenoxy) is 1. The number of rotatable bonds is 13. The first-order valence-electron chi connectivity index (χ1n) is 10.3. The normalized spacial score (nSPS) is 22.0. The summed E-state index contributed by atoms with van der Waals surface area (Å²) >= 11 is 0. The fourth-order valence-electron chi connectivity index (χ4n) is 3.20. The van der Waals surface area contributed by atoms with Gasteiger partial charge in [0.15, 0.2) is 5.78 Å². The molecule has 1 aliphatic rings. The van der Waals surface area contributed by atoms with E-state index in [1.165, 1.54) is 6.92 Å². The van der Waals surface area contributed by atoms with E-state index in [4.69, 9.17) is 4.74 Å². The standard InChI is InChI=1S/C23H36O4/c1-4-5-10-16-23(3,26)17-15-20-13-14-22(25)21(20)12-9-7-6-8-11-18-27-19(2)24/h7,9,13-15,17,20-21,26H,4-6,8,10-12,16,18H2,1-3H3/t20-,21-,23+/m1/s1. The molecule has 1 rings (SSSR count). The van der Waals surface area contributed by atoms with E-state index in [9.17, 15) is 14.7 Å². The molecule has 0 saturated carbocycles. The minimum atomic E-state index is -0.809. The van der Waals surface area contributed by atoms with Crippen LogP contribution in [0.5, 0.6) is 0 Å². The van der Waals surface area contributed by atoms with E-state index in [-0.39, 0.29) is 23.6 Å². The number of hydrogen-bond acceptors (Lipinski definition) is 4. The van der Waals surface area contributed by atoms with Crippen molar-refractivity contribution in [3.05, 3.63) is 36.5 Å². The van der Waals surface area contributed by atoms with E-state index < -0.39 is 5.60 Å². The smallest absolute Gasteiger partial charge is 0.302 e. The number of aliphatic hydroxyl groups is 1. The lowest BCUT2D eigenvalue weighted by Crippen LogP contribution is -2.21. The van der Waals surface area contributed by atoms with Crippen LogP contribution in [0.15, 0.2) is 36.5 Å². The van der Waals surface area contributed by atoms with Crippen LogP contribution in [-0.4, -0.2) is 29.1 Å². The fraction of sp³-hybridized carbons (Fsp3) is 0.652. The highest BCUT2D eigenvalue weighted by molar-refractivity contribution is 5.95. The first kappa shape index (κ1) is 23.4. The van der Waals surface area contributed by atoms with Crippen molar-refractivity contribution < 1.29 is 19.4 Å². The van der Waals surface area contributed by atoms with Crippen LogP contribution in [0.3, 0.4) is 0 Å². The van der Waals surface area contributed by atoms with Crippen molar-refractivity contribution in [1.82, 2.24) is 0 Å². The van der Waals surface area contributed by atoms with E-state index in [0.29, 0.717) is 13.0 Å². The van der Waals surface area contributed by atoms with Gasteiger partial charge in [-0.2, -0.15) is 0 Å². The third kappa shape index (κ3) is 10.3. The van der Waals surface area contributed by atoms with Gasteiger partial charge in [0, 0.05) is 18.8 Å². The predicted molar refractivity (Wildman–Crippen MR) is 109 cm³/mol. The quantitative estimate of drug-likeness (QED) is 0.281. The second-order valence-electron chi connectivity index (χ2n) is 7.66. The van der Waals surface area contributed by atoms with E-state index in [1.54, 1.807) is 6.08 Å². The molecule has 152 valence electrons. The predicted octanol–water partition coefficient (Wildman–Crippen LogP) is 4.92. The molecule has 3 atom stereocenters. The van der Waals surface area contributed by atoms with Crippen LogP contribution >= 0.6 is 0 Å². The number of carbonyl (C=O) groups is 2. The number of hydrogen-bond donors (Lipinski definition) is 1. The Balaban J connectivity index is 2.38. The van der Waals surface area contributed by atoms with Crippen LogP contribution in [-0.2, 0) is 14.3 Å². The monoisotopic (exact) mass is 376 g/mol. The molecule has 1 N–H and O–H groups in total. The van der Waals surface area contributed by atoms with Gasteiger partial charge in [-0.1, -0.05) is 56.6 Å². The molecule has 0 aromatic heterocycles. The maximum atomic E-state index is 12.1. The maximum absolute atomic E-state index is 12.1. The summed E-state index contributed by atoms with van der Waals surface area (Å²) in [5, 5.41) is 10.5. The van der Waals surface area contributed by atoms with Crippen molar-refractivity contribution in [1.29, 1.82) is 0 Å². The maximum Gasteiger partial charge on any atom is 0.302 e. The van der Waals surface area contributed by atoms with Crippen LogP contribution in [0, 0.1) is 11.8 Å². The number of esters is 1. The Kier molecular flexibility index (Phi) is 11.0. The summed E-state index contributed by atoms with van der Waals surface area (Å²) in [6.45, 7) is 5.88. The fourth-order valence-corrected chi connectivity index (χ4v) is 3.20. The Morgan fingerprint density at radius 3 is 2.74 bits per heavy atom. The van der Waals surface area contributed by atoms with Gasteiger partial charge in [0.1, 0.15) is 0 Å². The van der Waals surface area contributed by atoms with Crippen LogP contribution in [0.2, 0.25) is 0 Å². The number of unbranched alkanes of at least 4 members (excludes halogenated alkanes) is 4. The molecule has 0 saturated heterocycles.